The number of ether oxygens (including phenoxy) is 2. The maximum atomic E-state index is 12.6. The fraction of sp³-hybridized carbons (Fsp3) is 0.889. The van der Waals surface area contributed by atoms with Gasteiger partial charge in [0.25, 0.3) is 0 Å². The molecule has 4 aliphatic rings. The second-order valence-electron chi connectivity index (χ2n) is 8.40. The Morgan fingerprint density at radius 3 is 2.19 bits per heavy atom. The number of nitrogens with one attached hydrogen (secondary N) is 2. The Kier molecular flexibility index (Phi) is 7.58. The molecule has 3 heterocycles. The molecule has 0 aromatic heterocycles. The number of rotatable bonds is 6. The minimum atomic E-state index is -2.13. The Balaban J connectivity index is 1.31. The summed E-state index contributed by atoms with van der Waals surface area (Å²) in [4.78, 5) is 23.1. The van der Waals surface area contributed by atoms with E-state index < -0.39 is 68.4 Å². The van der Waals surface area contributed by atoms with E-state index in [9.17, 15) is 30.0 Å². The van der Waals surface area contributed by atoms with Crippen LogP contribution in [0.5, 0.6) is 0 Å². The van der Waals surface area contributed by atoms with Crippen LogP contribution in [0.2, 0.25) is 0 Å². The van der Waals surface area contributed by atoms with E-state index in [1.807, 2.05) is 0 Å². The fourth-order valence-corrected chi connectivity index (χ4v) is 6.12. The van der Waals surface area contributed by atoms with Crippen molar-refractivity contribution in [2.45, 2.75) is 85.7 Å². The second-order valence-corrected chi connectivity index (χ2v) is 10.5. The van der Waals surface area contributed by atoms with Crippen molar-refractivity contribution in [2.24, 2.45) is 0 Å². The van der Waals surface area contributed by atoms with Gasteiger partial charge in [0.1, 0.15) is 24.4 Å². The molecule has 0 aromatic rings. The number of carbonyl (C=O) groups is 2. The Hall–Kier alpha value is -0.660. The number of carbonyl (C=O) groups excluding carboxylic acids is 2. The summed E-state index contributed by atoms with van der Waals surface area (Å²) in [6.07, 6.45) is -3.44. The molecular weight excluding hydrogens is 471 g/mol. The average Bonchev–Trinajstić information content (AvgIpc) is 3.22. The zero-order valence-corrected chi connectivity index (χ0v) is 18.8. The molecule has 6 N–H and O–H groups in total. The first-order valence-corrected chi connectivity index (χ1v) is 12.2. The summed E-state index contributed by atoms with van der Waals surface area (Å²) in [5.74, 6) is -2.35. The number of alkyl halides is 1. The molecule has 1 aliphatic carbocycles. The first-order chi connectivity index (χ1) is 15.2. The van der Waals surface area contributed by atoms with Gasteiger partial charge in [-0.2, -0.15) is 0 Å². The summed E-state index contributed by atoms with van der Waals surface area (Å²) in [5, 5.41) is 45.5. The van der Waals surface area contributed by atoms with Crippen LogP contribution in [0.15, 0.2) is 0 Å². The lowest BCUT2D eigenvalue weighted by atomic mass is 9.92. The van der Waals surface area contributed by atoms with Gasteiger partial charge < -0.3 is 38.9 Å². The molecule has 1 unspecified atom stereocenters. The van der Waals surface area contributed by atoms with Gasteiger partial charge in [-0.3, -0.25) is 10.6 Å². The summed E-state index contributed by atoms with van der Waals surface area (Å²) in [6.45, 7) is -0.949. The van der Waals surface area contributed by atoms with Crippen LogP contribution in [0.25, 0.3) is 0 Å². The summed E-state index contributed by atoms with van der Waals surface area (Å²) in [7, 11) is -1.90. The molecule has 3 aliphatic heterocycles. The van der Waals surface area contributed by atoms with Crippen molar-refractivity contribution in [3.63, 3.8) is 0 Å². The number of halogens is 1. The van der Waals surface area contributed by atoms with E-state index in [1.54, 1.807) is 0 Å². The van der Waals surface area contributed by atoms with E-state index in [2.05, 4.69) is 10.6 Å². The maximum Gasteiger partial charge on any atom is 0.344 e. The maximum absolute atomic E-state index is 12.6. The van der Waals surface area contributed by atoms with Crippen LogP contribution in [-0.2, 0) is 28.1 Å². The minimum absolute atomic E-state index is 0.239. The molecule has 7 atom stereocenters. The zero-order valence-electron chi connectivity index (χ0n) is 17.1. The molecule has 4 fully saturated rings. The van der Waals surface area contributed by atoms with Crippen LogP contribution in [0, 0.1) is 0 Å². The van der Waals surface area contributed by atoms with Gasteiger partial charge in [0, 0.05) is 18.5 Å². The molecule has 0 spiro atoms. The second kappa shape index (κ2) is 9.91. The third-order valence-corrected chi connectivity index (χ3v) is 8.20. The van der Waals surface area contributed by atoms with Gasteiger partial charge in [0.05, 0.1) is 13.2 Å². The first kappa shape index (κ1) is 24.5. The highest BCUT2D eigenvalue weighted by Gasteiger charge is 2.56. The van der Waals surface area contributed by atoms with Gasteiger partial charge in [0.2, 0.25) is 4.87 Å². The monoisotopic (exact) mass is 498 g/mol. The van der Waals surface area contributed by atoms with E-state index in [1.165, 1.54) is 0 Å². The smallest absolute Gasteiger partial charge is 0.344 e. The lowest BCUT2D eigenvalue weighted by Gasteiger charge is -2.40. The standard InChI is InChI=1S/C18H28ClN2O10P/c19-18(5-6-28-14-13(25)12(24)11(23)10(7-22)29-14)15(26)30-32(31-16(18)27)17-20-8-3-1-2-4-9(8)21-17/h8-14,17,20-25H,1-7H2/t8-,9-,10-,11-,12+,13-,14?,18?,32?/m1/s1. The van der Waals surface area contributed by atoms with Gasteiger partial charge in [-0.15, -0.1) is 0 Å². The quantitative estimate of drug-likeness (QED) is 0.140. The van der Waals surface area contributed by atoms with Crippen molar-refractivity contribution in [3.8, 4) is 0 Å². The highest BCUT2D eigenvalue weighted by molar-refractivity contribution is 7.49. The fourth-order valence-electron chi connectivity index (χ4n) is 4.35. The van der Waals surface area contributed by atoms with E-state index in [4.69, 9.17) is 30.1 Å². The van der Waals surface area contributed by atoms with Crippen LogP contribution in [0.3, 0.4) is 0 Å². The van der Waals surface area contributed by atoms with Crippen molar-refractivity contribution < 1.29 is 48.5 Å². The molecule has 0 bridgehead atoms. The van der Waals surface area contributed by atoms with Gasteiger partial charge in [-0.05, 0) is 12.8 Å². The van der Waals surface area contributed by atoms with Crippen LogP contribution < -0.4 is 10.6 Å². The number of fused-ring (bicyclic) bond motifs is 1. The third kappa shape index (κ3) is 4.63. The van der Waals surface area contributed by atoms with E-state index in [-0.39, 0.29) is 25.1 Å². The van der Waals surface area contributed by atoms with Gasteiger partial charge in [0.15, 0.2) is 12.2 Å². The number of hydrogen-bond donors (Lipinski definition) is 6. The average molecular weight is 499 g/mol. The predicted molar refractivity (Wildman–Crippen MR) is 108 cm³/mol. The molecule has 0 radical (unpaired) electrons. The lowest BCUT2D eigenvalue weighted by Crippen LogP contribution is -2.59. The van der Waals surface area contributed by atoms with Gasteiger partial charge in [-0.1, -0.05) is 24.4 Å². The Labute approximate surface area is 190 Å². The topological polar surface area (TPSA) is 176 Å². The third-order valence-electron chi connectivity index (χ3n) is 6.29. The van der Waals surface area contributed by atoms with Crippen LogP contribution >= 0.6 is 20.0 Å². The van der Waals surface area contributed by atoms with Crippen molar-refractivity contribution in [3.05, 3.63) is 0 Å². The minimum Gasteiger partial charge on any atom is -0.403 e. The number of hydrogen-bond acceptors (Lipinski definition) is 12. The van der Waals surface area contributed by atoms with E-state index in [0.29, 0.717) is 0 Å². The molecule has 0 aromatic carbocycles. The van der Waals surface area contributed by atoms with Crippen molar-refractivity contribution in [2.75, 3.05) is 13.2 Å². The predicted octanol–water partition coefficient (Wildman–Crippen LogP) is -1.63. The zero-order chi connectivity index (χ0) is 23.0. The molecule has 14 heteroatoms. The molecule has 3 saturated heterocycles. The highest BCUT2D eigenvalue weighted by Crippen LogP contribution is 2.51. The SMILES string of the molecule is O=C1OP(C2N[C@@H]3CCCC[C@H]3N2)OC(=O)C1(Cl)CCOC1O[C@H](CO)[C@@H](O)[C@H](O)[C@H]1O. The molecule has 182 valence electrons. The summed E-state index contributed by atoms with van der Waals surface area (Å²) < 4.78 is 21.3. The van der Waals surface area contributed by atoms with Crippen molar-refractivity contribution in [1.29, 1.82) is 0 Å². The Morgan fingerprint density at radius 1 is 1.03 bits per heavy atom. The first-order valence-electron chi connectivity index (χ1n) is 10.6. The Morgan fingerprint density at radius 2 is 1.62 bits per heavy atom. The molecule has 12 nitrogen and oxygen atoms in total. The molecular formula is C18H28ClN2O10P. The molecule has 0 amide bonds. The van der Waals surface area contributed by atoms with E-state index in [0.717, 1.165) is 25.7 Å². The molecule has 1 saturated carbocycles. The van der Waals surface area contributed by atoms with Gasteiger partial charge >= 0.3 is 20.3 Å². The molecule has 4 rings (SSSR count). The van der Waals surface area contributed by atoms with Crippen LogP contribution in [0.4, 0.5) is 0 Å². The lowest BCUT2D eigenvalue weighted by molar-refractivity contribution is -0.301. The van der Waals surface area contributed by atoms with E-state index >= 15 is 0 Å². The van der Waals surface area contributed by atoms with Gasteiger partial charge in [-0.25, -0.2) is 9.59 Å². The summed E-state index contributed by atoms with van der Waals surface area (Å²) >= 11 is 6.24. The summed E-state index contributed by atoms with van der Waals surface area (Å²) in [5.41, 5.74) is 0. The summed E-state index contributed by atoms with van der Waals surface area (Å²) in [6, 6.07) is 0.478. The molecule has 32 heavy (non-hydrogen) atoms. The van der Waals surface area contributed by atoms with Crippen molar-refractivity contribution >= 4 is 31.9 Å². The van der Waals surface area contributed by atoms with Crippen LogP contribution in [0.1, 0.15) is 32.1 Å². The van der Waals surface area contributed by atoms with Crippen molar-refractivity contribution in [1.82, 2.24) is 10.6 Å². The van der Waals surface area contributed by atoms with Crippen LogP contribution in [-0.4, -0.2) is 99.1 Å². The number of aliphatic hydroxyl groups is 4. The number of aliphatic hydroxyl groups excluding tert-OH is 4. The largest absolute Gasteiger partial charge is 0.403 e. The Bertz CT molecular complexity index is 685. The highest BCUT2D eigenvalue weighted by atomic mass is 35.5. The normalized spacial score (nSPS) is 45.3.